The molecule has 0 aliphatic carbocycles. The number of amides is 2. The lowest BCUT2D eigenvalue weighted by atomic mass is 10.1. The summed E-state index contributed by atoms with van der Waals surface area (Å²) < 4.78 is 5.89. The number of para-hydroxylation sites is 1. The zero-order chi connectivity index (χ0) is 22.9. The van der Waals surface area contributed by atoms with Crippen LogP contribution >= 0.6 is 0 Å². The van der Waals surface area contributed by atoms with E-state index in [0.717, 1.165) is 22.2 Å². The zero-order valence-corrected chi connectivity index (χ0v) is 18.1. The lowest BCUT2D eigenvalue weighted by molar-refractivity contribution is -0.123. The van der Waals surface area contributed by atoms with E-state index in [-0.39, 0.29) is 11.8 Å². The van der Waals surface area contributed by atoms with Crippen LogP contribution in [0.25, 0.3) is 10.9 Å². The molecule has 166 valence electrons. The number of hydrogen-bond donors (Lipinski definition) is 2. The van der Waals surface area contributed by atoms with Gasteiger partial charge in [-0.25, -0.2) is 0 Å². The Morgan fingerprint density at radius 3 is 2.36 bits per heavy atom. The summed E-state index contributed by atoms with van der Waals surface area (Å²) >= 11 is 0. The first kappa shape index (κ1) is 22.0. The number of aromatic nitrogens is 1. The van der Waals surface area contributed by atoms with Crippen LogP contribution in [0.2, 0.25) is 0 Å². The van der Waals surface area contributed by atoms with Gasteiger partial charge in [0.25, 0.3) is 5.91 Å². The smallest absolute Gasteiger partial charge is 0.252 e. The Labute approximate surface area is 192 Å². The second-order valence-electron chi connectivity index (χ2n) is 7.51. The third-order valence-corrected chi connectivity index (χ3v) is 5.18. The number of carbonyl (C=O) groups excluding carboxylic acids is 2. The second-order valence-corrected chi connectivity index (χ2v) is 7.51. The number of nitrogens with zero attached hydrogens (tertiary/aromatic N) is 1. The first-order chi connectivity index (χ1) is 16.2. The molecule has 0 aliphatic rings. The summed E-state index contributed by atoms with van der Waals surface area (Å²) in [5, 5.41) is 6.77. The molecule has 6 heteroatoms. The number of ether oxygens (including phenoxy) is 1. The fourth-order valence-electron chi connectivity index (χ4n) is 3.51. The standard InChI is InChI=1S/C27H25N3O3/c31-26(22-12-5-2-6-13-22)30-25(21-10-3-1-4-11-21)27(32)29-18-9-19-33-23-16-7-14-20-15-8-17-28-24(20)23/h1-8,10-17,25H,9,18-19H2,(H,29,32)(H,30,31). The largest absolute Gasteiger partial charge is 0.491 e. The molecule has 1 unspecified atom stereocenters. The molecule has 6 nitrogen and oxygen atoms in total. The summed E-state index contributed by atoms with van der Waals surface area (Å²) in [5.41, 5.74) is 2.04. The normalized spacial score (nSPS) is 11.5. The van der Waals surface area contributed by atoms with Crippen molar-refractivity contribution < 1.29 is 14.3 Å². The number of pyridine rings is 1. The Hall–Kier alpha value is -4.19. The number of fused-ring (bicyclic) bond motifs is 1. The Balaban J connectivity index is 1.33. The van der Waals surface area contributed by atoms with Gasteiger partial charge in [-0.3, -0.25) is 14.6 Å². The maximum atomic E-state index is 12.9. The summed E-state index contributed by atoms with van der Waals surface area (Å²) in [6.07, 6.45) is 2.35. The molecule has 0 spiro atoms. The minimum absolute atomic E-state index is 0.266. The highest BCUT2D eigenvalue weighted by atomic mass is 16.5. The van der Waals surface area contributed by atoms with Gasteiger partial charge in [-0.15, -0.1) is 0 Å². The molecule has 1 aromatic heterocycles. The van der Waals surface area contributed by atoms with Crippen molar-refractivity contribution in [3.05, 3.63) is 108 Å². The monoisotopic (exact) mass is 439 g/mol. The number of rotatable bonds is 9. The minimum Gasteiger partial charge on any atom is -0.491 e. The van der Waals surface area contributed by atoms with Crippen molar-refractivity contribution in [3.8, 4) is 5.75 Å². The Bertz CT molecular complexity index is 1210. The first-order valence-corrected chi connectivity index (χ1v) is 10.9. The van der Waals surface area contributed by atoms with Gasteiger partial charge >= 0.3 is 0 Å². The van der Waals surface area contributed by atoms with E-state index in [1.165, 1.54) is 0 Å². The van der Waals surface area contributed by atoms with Gasteiger partial charge in [0.15, 0.2) is 0 Å². The molecule has 33 heavy (non-hydrogen) atoms. The van der Waals surface area contributed by atoms with Crippen LogP contribution in [0.15, 0.2) is 97.2 Å². The summed E-state index contributed by atoms with van der Waals surface area (Å²) in [5.74, 6) is 0.153. The van der Waals surface area contributed by atoms with Crippen LogP contribution in [0.4, 0.5) is 0 Å². The highest BCUT2D eigenvalue weighted by Crippen LogP contribution is 2.23. The molecule has 0 bridgehead atoms. The SMILES string of the molecule is O=C(NC(C(=O)NCCCOc1cccc2cccnc12)c1ccccc1)c1ccccc1. The highest BCUT2D eigenvalue weighted by molar-refractivity contribution is 5.97. The molecule has 0 radical (unpaired) electrons. The van der Waals surface area contributed by atoms with Gasteiger partial charge in [-0.05, 0) is 36.2 Å². The van der Waals surface area contributed by atoms with Crippen molar-refractivity contribution in [1.82, 2.24) is 15.6 Å². The maximum absolute atomic E-state index is 12.9. The Morgan fingerprint density at radius 1 is 0.848 bits per heavy atom. The molecule has 0 saturated carbocycles. The van der Waals surface area contributed by atoms with E-state index in [2.05, 4.69) is 15.6 Å². The fraction of sp³-hybridized carbons (Fsp3) is 0.148. The zero-order valence-electron chi connectivity index (χ0n) is 18.1. The van der Waals surface area contributed by atoms with E-state index in [4.69, 9.17) is 4.74 Å². The van der Waals surface area contributed by atoms with E-state index in [1.54, 1.807) is 30.5 Å². The molecule has 0 aliphatic heterocycles. The van der Waals surface area contributed by atoms with Crippen LogP contribution in [0.5, 0.6) is 5.75 Å². The van der Waals surface area contributed by atoms with Gasteiger partial charge in [0, 0.05) is 23.7 Å². The summed E-state index contributed by atoms with van der Waals surface area (Å²) in [7, 11) is 0. The molecule has 3 aromatic carbocycles. The van der Waals surface area contributed by atoms with Crippen molar-refractivity contribution in [2.24, 2.45) is 0 Å². The van der Waals surface area contributed by atoms with Crippen LogP contribution in [0.3, 0.4) is 0 Å². The van der Waals surface area contributed by atoms with E-state index in [9.17, 15) is 9.59 Å². The third-order valence-electron chi connectivity index (χ3n) is 5.18. The molecule has 2 N–H and O–H groups in total. The molecular weight excluding hydrogens is 414 g/mol. The van der Waals surface area contributed by atoms with E-state index in [0.29, 0.717) is 25.1 Å². The molecule has 1 heterocycles. The van der Waals surface area contributed by atoms with Crippen molar-refractivity contribution in [1.29, 1.82) is 0 Å². The first-order valence-electron chi connectivity index (χ1n) is 10.9. The van der Waals surface area contributed by atoms with Gasteiger partial charge in [0.2, 0.25) is 5.91 Å². The third kappa shape index (κ3) is 5.74. The van der Waals surface area contributed by atoms with Crippen molar-refractivity contribution in [2.75, 3.05) is 13.2 Å². The topological polar surface area (TPSA) is 80.3 Å². The van der Waals surface area contributed by atoms with Crippen LogP contribution in [0, 0.1) is 0 Å². The summed E-state index contributed by atoms with van der Waals surface area (Å²) in [6, 6.07) is 27.0. The second kappa shape index (κ2) is 10.9. The lowest BCUT2D eigenvalue weighted by Crippen LogP contribution is -2.41. The van der Waals surface area contributed by atoms with Crippen LogP contribution < -0.4 is 15.4 Å². The average Bonchev–Trinajstić information content (AvgIpc) is 2.88. The van der Waals surface area contributed by atoms with Crippen LogP contribution in [0.1, 0.15) is 28.4 Å². The summed E-state index contributed by atoms with van der Waals surface area (Å²) in [6.45, 7) is 0.851. The van der Waals surface area contributed by atoms with Crippen molar-refractivity contribution in [3.63, 3.8) is 0 Å². The van der Waals surface area contributed by atoms with Gasteiger partial charge in [0.1, 0.15) is 17.3 Å². The van der Waals surface area contributed by atoms with E-state index < -0.39 is 6.04 Å². The van der Waals surface area contributed by atoms with Crippen LogP contribution in [-0.4, -0.2) is 29.9 Å². The average molecular weight is 440 g/mol. The quantitative estimate of drug-likeness (QED) is 0.381. The fourth-order valence-corrected chi connectivity index (χ4v) is 3.51. The molecule has 4 aromatic rings. The predicted octanol–water partition coefficient (Wildman–Crippen LogP) is 4.29. The lowest BCUT2D eigenvalue weighted by Gasteiger charge is -2.19. The molecule has 4 rings (SSSR count). The number of hydrogen-bond acceptors (Lipinski definition) is 4. The van der Waals surface area contributed by atoms with Crippen LogP contribution in [-0.2, 0) is 4.79 Å². The highest BCUT2D eigenvalue weighted by Gasteiger charge is 2.22. The molecular formula is C27H25N3O3. The Morgan fingerprint density at radius 2 is 1.58 bits per heavy atom. The van der Waals surface area contributed by atoms with Gasteiger partial charge in [0.05, 0.1) is 6.61 Å². The number of benzene rings is 3. The maximum Gasteiger partial charge on any atom is 0.252 e. The molecule has 2 amide bonds. The Kier molecular flexibility index (Phi) is 7.28. The minimum atomic E-state index is -0.790. The van der Waals surface area contributed by atoms with Crippen molar-refractivity contribution in [2.45, 2.75) is 12.5 Å². The predicted molar refractivity (Wildman–Crippen MR) is 128 cm³/mol. The molecule has 0 saturated heterocycles. The summed E-state index contributed by atoms with van der Waals surface area (Å²) in [4.78, 5) is 30.0. The van der Waals surface area contributed by atoms with Gasteiger partial charge in [-0.1, -0.05) is 66.7 Å². The van der Waals surface area contributed by atoms with E-state index >= 15 is 0 Å². The van der Waals surface area contributed by atoms with Crippen molar-refractivity contribution >= 4 is 22.7 Å². The van der Waals surface area contributed by atoms with Gasteiger partial charge < -0.3 is 15.4 Å². The van der Waals surface area contributed by atoms with E-state index in [1.807, 2.05) is 66.7 Å². The van der Waals surface area contributed by atoms with Gasteiger partial charge in [-0.2, -0.15) is 0 Å². The molecule has 0 fully saturated rings. The number of nitrogens with one attached hydrogen (secondary N) is 2. The molecule has 1 atom stereocenters. The number of carbonyl (C=O) groups is 2.